The van der Waals surface area contributed by atoms with Crippen molar-refractivity contribution in [1.29, 1.82) is 0 Å². The van der Waals surface area contributed by atoms with Crippen molar-refractivity contribution in [3.63, 3.8) is 0 Å². The third-order valence-corrected chi connectivity index (χ3v) is 3.78. The van der Waals surface area contributed by atoms with Gasteiger partial charge in [0.2, 0.25) is 5.88 Å². The molecule has 2 heterocycles. The molecule has 0 saturated heterocycles. The number of nitrogens with zero attached hydrogens (tertiary/aromatic N) is 3. The summed E-state index contributed by atoms with van der Waals surface area (Å²) in [4.78, 5) is 23.2. The van der Waals surface area contributed by atoms with Crippen molar-refractivity contribution in [3.8, 4) is 5.88 Å². The molecule has 0 radical (unpaired) electrons. The number of hydrogen-bond donors (Lipinski definition) is 0. The number of ether oxygens (including phenoxy) is 1. The van der Waals surface area contributed by atoms with E-state index in [9.17, 15) is 4.79 Å². The van der Waals surface area contributed by atoms with Gasteiger partial charge in [0.25, 0.3) is 5.91 Å². The summed E-state index contributed by atoms with van der Waals surface area (Å²) in [7, 11) is 0. The number of carbonyl (C=O) groups is 1. The number of fused-ring (bicyclic) bond motifs is 1. The second-order valence-corrected chi connectivity index (χ2v) is 5.99. The summed E-state index contributed by atoms with van der Waals surface area (Å²) in [6.07, 6.45) is 1.46. The van der Waals surface area contributed by atoms with E-state index in [1.165, 1.54) is 17.7 Å². The first kappa shape index (κ1) is 14.7. The first-order chi connectivity index (χ1) is 9.50. The summed E-state index contributed by atoms with van der Waals surface area (Å²) < 4.78 is 5.59. The molecule has 0 N–H and O–H groups in total. The predicted molar refractivity (Wildman–Crippen MR) is 80.0 cm³/mol. The minimum atomic E-state index is -0.0306. The van der Waals surface area contributed by atoms with Gasteiger partial charge in [-0.25, -0.2) is 9.97 Å². The fourth-order valence-electron chi connectivity index (χ4n) is 2.26. The molecule has 5 nitrogen and oxygen atoms in total. The van der Waals surface area contributed by atoms with Crippen LogP contribution in [0.15, 0.2) is 17.8 Å². The molecular weight excluding hydrogens is 274 g/mol. The van der Waals surface area contributed by atoms with Crippen LogP contribution in [0.4, 0.5) is 0 Å². The Bertz CT molecular complexity index is 587. The molecule has 0 unspecified atom stereocenters. The van der Waals surface area contributed by atoms with E-state index in [0.29, 0.717) is 5.88 Å². The van der Waals surface area contributed by atoms with Crippen molar-refractivity contribution in [1.82, 2.24) is 14.9 Å². The first-order valence-corrected chi connectivity index (χ1v) is 7.50. The van der Waals surface area contributed by atoms with Crippen LogP contribution in [0.2, 0.25) is 0 Å². The molecule has 2 rings (SSSR count). The zero-order chi connectivity index (χ0) is 14.7. The van der Waals surface area contributed by atoms with E-state index < -0.39 is 0 Å². The lowest BCUT2D eigenvalue weighted by atomic mass is 10.2. The summed E-state index contributed by atoms with van der Waals surface area (Å²) in [5.41, 5.74) is 0. The van der Waals surface area contributed by atoms with Gasteiger partial charge in [-0.2, -0.15) is 0 Å². The maximum absolute atomic E-state index is 12.2. The molecule has 0 saturated carbocycles. The van der Waals surface area contributed by atoms with Crippen molar-refractivity contribution < 1.29 is 9.53 Å². The lowest BCUT2D eigenvalue weighted by Crippen LogP contribution is -2.44. The maximum Gasteiger partial charge on any atom is 0.261 e. The molecule has 0 aromatic carbocycles. The topological polar surface area (TPSA) is 55.3 Å². The molecule has 108 valence electrons. The van der Waals surface area contributed by atoms with Gasteiger partial charge in [0.15, 0.2) is 6.61 Å². The number of aromatic nitrogens is 2. The fourth-order valence-corrected chi connectivity index (χ4v) is 2.98. The summed E-state index contributed by atoms with van der Waals surface area (Å²) in [6, 6.07) is 2.21. The zero-order valence-electron chi connectivity index (χ0n) is 12.2. The molecule has 0 spiro atoms. The van der Waals surface area contributed by atoms with Crippen LogP contribution < -0.4 is 4.74 Å². The SMILES string of the molecule is CC(C)N(C(=O)COc1ncnc2sccc12)C(C)C. The highest BCUT2D eigenvalue weighted by Gasteiger charge is 2.21. The van der Waals surface area contributed by atoms with Gasteiger partial charge in [0.05, 0.1) is 5.39 Å². The van der Waals surface area contributed by atoms with Gasteiger partial charge in [0, 0.05) is 12.1 Å². The molecule has 20 heavy (non-hydrogen) atoms. The standard InChI is InChI=1S/C14H19N3O2S/c1-9(2)17(10(3)4)12(18)7-19-13-11-5-6-20-14(11)16-8-15-13/h5-6,8-10H,7H2,1-4H3. The van der Waals surface area contributed by atoms with Gasteiger partial charge >= 0.3 is 0 Å². The predicted octanol–water partition coefficient (Wildman–Crippen LogP) is 2.72. The average Bonchev–Trinajstić information content (AvgIpc) is 2.83. The fraction of sp³-hybridized carbons (Fsp3) is 0.500. The highest BCUT2D eigenvalue weighted by atomic mass is 32.1. The van der Waals surface area contributed by atoms with Gasteiger partial charge in [-0.1, -0.05) is 0 Å². The molecule has 1 amide bonds. The van der Waals surface area contributed by atoms with Crippen molar-refractivity contribution >= 4 is 27.5 Å². The lowest BCUT2D eigenvalue weighted by molar-refractivity contribution is -0.137. The monoisotopic (exact) mass is 293 g/mol. The summed E-state index contributed by atoms with van der Waals surface area (Å²) in [5, 5.41) is 2.79. The van der Waals surface area contributed by atoms with E-state index in [1.807, 2.05) is 44.0 Å². The summed E-state index contributed by atoms with van der Waals surface area (Å²) >= 11 is 1.53. The van der Waals surface area contributed by atoms with Gasteiger partial charge in [-0.3, -0.25) is 4.79 Å². The quantitative estimate of drug-likeness (QED) is 0.850. The molecule has 6 heteroatoms. The molecule has 0 aliphatic rings. The Morgan fingerprint density at radius 1 is 1.30 bits per heavy atom. The van der Waals surface area contributed by atoms with Crippen LogP contribution in [-0.4, -0.2) is 39.5 Å². The third-order valence-electron chi connectivity index (χ3n) is 2.96. The Hall–Kier alpha value is -1.69. The lowest BCUT2D eigenvalue weighted by Gasteiger charge is -2.30. The van der Waals surface area contributed by atoms with E-state index in [2.05, 4.69) is 9.97 Å². The minimum Gasteiger partial charge on any atom is -0.467 e. The number of hydrogen-bond acceptors (Lipinski definition) is 5. The van der Waals surface area contributed by atoms with E-state index in [-0.39, 0.29) is 24.6 Å². The Balaban J connectivity index is 2.08. The average molecular weight is 293 g/mol. The Labute approximate surface area is 122 Å². The van der Waals surface area contributed by atoms with Crippen LogP contribution in [0, 0.1) is 0 Å². The molecule has 0 aliphatic heterocycles. The smallest absolute Gasteiger partial charge is 0.261 e. The number of amides is 1. The Kier molecular flexibility index (Phi) is 4.54. The van der Waals surface area contributed by atoms with Gasteiger partial charge in [0.1, 0.15) is 11.2 Å². The van der Waals surface area contributed by atoms with Crippen LogP contribution >= 0.6 is 11.3 Å². The molecule has 2 aromatic heterocycles. The van der Waals surface area contributed by atoms with Crippen LogP contribution in [0.1, 0.15) is 27.7 Å². The first-order valence-electron chi connectivity index (χ1n) is 6.63. The Morgan fingerprint density at radius 2 is 2.00 bits per heavy atom. The number of carbonyl (C=O) groups excluding carboxylic acids is 1. The molecule has 0 aliphatic carbocycles. The van der Waals surface area contributed by atoms with Crippen LogP contribution in [0.5, 0.6) is 5.88 Å². The van der Waals surface area contributed by atoms with E-state index in [0.717, 1.165) is 10.2 Å². The van der Waals surface area contributed by atoms with Gasteiger partial charge < -0.3 is 9.64 Å². The largest absolute Gasteiger partial charge is 0.467 e. The third kappa shape index (κ3) is 3.07. The normalized spacial score (nSPS) is 11.3. The molecule has 2 aromatic rings. The highest BCUT2D eigenvalue weighted by Crippen LogP contribution is 2.25. The maximum atomic E-state index is 12.2. The van der Waals surface area contributed by atoms with Crippen molar-refractivity contribution in [3.05, 3.63) is 17.8 Å². The van der Waals surface area contributed by atoms with Crippen LogP contribution in [0.3, 0.4) is 0 Å². The van der Waals surface area contributed by atoms with Crippen molar-refractivity contribution in [2.45, 2.75) is 39.8 Å². The second-order valence-electron chi connectivity index (χ2n) is 5.10. The Morgan fingerprint density at radius 3 is 2.65 bits per heavy atom. The van der Waals surface area contributed by atoms with Gasteiger partial charge in [-0.15, -0.1) is 11.3 Å². The summed E-state index contributed by atoms with van der Waals surface area (Å²) in [5.74, 6) is 0.439. The van der Waals surface area contributed by atoms with E-state index >= 15 is 0 Å². The van der Waals surface area contributed by atoms with Crippen LogP contribution in [-0.2, 0) is 4.79 Å². The van der Waals surface area contributed by atoms with E-state index in [4.69, 9.17) is 4.74 Å². The zero-order valence-corrected chi connectivity index (χ0v) is 13.0. The highest BCUT2D eigenvalue weighted by molar-refractivity contribution is 7.16. The van der Waals surface area contributed by atoms with Gasteiger partial charge in [-0.05, 0) is 39.1 Å². The summed E-state index contributed by atoms with van der Waals surface area (Å²) in [6.45, 7) is 8.00. The minimum absolute atomic E-state index is 0.00167. The molecular formula is C14H19N3O2S. The van der Waals surface area contributed by atoms with E-state index in [1.54, 1.807) is 0 Å². The molecule has 0 fully saturated rings. The number of rotatable bonds is 5. The number of thiophene rings is 1. The molecule has 0 atom stereocenters. The second kappa shape index (κ2) is 6.17. The van der Waals surface area contributed by atoms with Crippen molar-refractivity contribution in [2.24, 2.45) is 0 Å². The van der Waals surface area contributed by atoms with Crippen molar-refractivity contribution in [2.75, 3.05) is 6.61 Å². The van der Waals surface area contributed by atoms with Crippen LogP contribution in [0.25, 0.3) is 10.2 Å². The molecule has 0 bridgehead atoms.